The molecule has 0 aromatic heterocycles. The van der Waals surface area contributed by atoms with Gasteiger partial charge in [0.15, 0.2) is 5.11 Å². The molecule has 0 radical (unpaired) electrons. The van der Waals surface area contributed by atoms with Gasteiger partial charge in [0.1, 0.15) is 5.82 Å². The molecule has 1 aliphatic carbocycles. The van der Waals surface area contributed by atoms with Crippen LogP contribution in [0, 0.1) is 11.7 Å². The number of thiocarbonyl (C=S) groups is 1. The summed E-state index contributed by atoms with van der Waals surface area (Å²) in [5, 5.41) is 7.08. The molecule has 0 unspecified atom stereocenters. The minimum atomic E-state index is -3.77. The van der Waals surface area contributed by atoms with Crippen molar-refractivity contribution in [2.45, 2.75) is 43.5 Å². The van der Waals surface area contributed by atoms with Gasteiger partial charge in [-0.1, -0.05) is 19.8 Å². The zero-order valence-corrected chi connectivity index (χ0v) is 17.2. The summed E-state index contributed by atoms with van der Waals surface area (Å²) in [6.45, 7) is 2.24. The Balaban J connectivity index is 1.58. The van der Waals surface area contributed by atoms with Gasteiger partial charge in [-0.2, -0.15) is 0 Å². The van der Waals surface area contributed by atoms with Crippen molar-refractivity contribution in [1.29, 1.82) is 0 Å². The maximum absolute atomic E-state index is 13.0. The van der Waals surface area contributed by atoms with Crippen LogP contribution in [0.5, 0.6) is 0 Å². The van der Waals surface area contributed by atoms with Gasteiger partial charge in [-0.3, -0.25) is 4.72 Å². The normalized spacial score (nSPS) is 19.6. The quantitative estimate of drug-likeness (QED) is 0.621. The summed E-state index contributed by atoms with van der Waals surface area (Å²) in [4.78, 5) is 0.00285. The van der Waals surface area contributed by atoms with Crippen molar-refractivity contribution >= 4 is 38.7 Å². The topological polar surface area (TPSA) is 70.2 Å². The molecule has 2 aromatic carbocycles. The number of anilines is 2. The Kier molecular flexibility index (Phi) is 6.51. The summed E-state index contributed by atoms with van der Waals surface area (Å²) in [6.07, 6.45) is 4.82. The van der Waals surface area contributed by atoms with Gasteiger partial charge in [-0.15, -0.1) is 0 Å². The van der Waals surface area contributed by atoms with E-state index in [1.54, 1.807) is 24.3 Å². The van der Waals surface area contributed by atoms with Crippen molar-refractivity contribution in [2.75, 3.05) is 10.0 Å². The summed E-state index contributed by atoms with van der Waals surface area (Å²) in [6, 6.07) is 11.9. The van der Waals surface area contributed by atoms with E-state index in [0.717, 1.165) is 24.2 Å². The van der Waals surface area contributed by atoms with E-state index in [4.69, 9.17) is 12.2 Å². The third-order valence-electron chi connectivity index (χ3n) is 4.95. The van der Waals surface area contributed by atoms with E-state index in [0.29, 0.717) is 22.8 Å². The predicted octanol–water partition coefficient (Wildman–Crippen LogP) is 4.49. The molecule has 2 atom stereocenters. The van der Waals surface area contributed by atoms with Crippen LogP contribution in [0.1, 0.15) is 32.6 Å². The average molecular weight is 422 g/mol. The lowest BCUT2D eigenvalue weighted by molar-refractivity contribution is 0.309. The van der Waals surface area contributed by atoms with Gasteiger partial charge >= 0.3 is 0 Å². The second kappa shape index (κ2) is 8.87. The molecule has 28 heavy (non-hydrogen) atoms. The molecular formula is C20H24FN3O2S2. The Labute approximate surface area is 170 Å². The number of hydrogen-bond acceptors (Lipinski definition) is 3. The highest BCUT2D eigenvalue weighted by atomic mass is 32.2. The van der Waals surface area contributed by atoms with E-state index in [9.17, 15) is 12.8 Å². The van der Waals surface area contributed by atoms with E-state index in [-0.39, 0.29) is 4.90 Å². The molecule has 8 heteroatoms. The van der Waals surface area contributed by atoms with Crippen molar-refractivity contribution in [3.05, 3.63) is 54.3 Å². The summed E-state index contributed by atoms with van der Waals surface area (Å²) in [5.74, 6) is 0.110. The van der Waals surface area contributed by atoms with Gasteiger partial charge in [0, 0.05) is 17.4 Å². The Morgan fingerprint density at radius 2 is 1.61 bits per heavy atom. The first-order chi connectivity index (χ1) is 13.3. The second-order valence-electron chi connectivity index (χ2n) is 7.10. The van der Waals surface area contributed by atoms with Gasteiger partial charge in [-0.25, -0.2) is 12.8 Å². The molecule has 3 rings (SSSR count). The maximum atomic E-state index is 13.0. The maximum Gasteiger partial charge on any atom is 0.261 e. The number of benzene rings is 2. The van der Waals surface area contributed by atoms with Crippen LogP contribution >= 0.6 is 12.2 Å². The van der Waals surface area contributed by atoms with Crippen molar-refractivity contribution in [2.24, 2.45) is 5.92 Å². The first kappa shape index (κ1) is 20.5. The molecule has 5 nitrogen and oxygen atoms in total. The lowest BCUT2D eigenvalue weighted by atomic mass is 9.86. The minimum Gasteiger partial charge on any atom is -0.359 e. The van der Waals surface area contributed by atoms with Crippen LogP contribution in [-0.4, -0.2) is 19.6 Å². The van der Waals surface area contributed by atoms with E-state index >= 15 is 0 Å². The highest BCUT2D eigenvalue weighted by Crippen LogP contribution is 2.24. The fourth-order valence-electron chi connectivity index (χ4n) is 3.32. The van der Waals surface area contributed by atoms with E-state index in [1.165, 1.54) is 31.4 Å². The predicted molar refractivity (Wildman–Crippen MR) is 114 cm³/mol. The van der Waals surface area contributed by atoms with Crippen molar-refractivity contribution in [1.82, 2.24) is 5.32 Å². The molecular weight excluding hydrogens is 397 g/mol. The molecule has 1 aliphatic rings. The van der Waals surface area contributed by atoms with Gasteiger partial charge in [0.05, 0.1) is 4.90 Å². The molecule has 0 aliphatic heterocycles. The Bertz CT molecular complexity index is 915. The number of rotatable bonds is 5. The van der Waals surface area contributed by atoms with Crippen molar-refractivity contribution in [3.63, 3.8) is 0 Å². The number of sulfonamides is 1. The molecule has 0 saturated heterocycles. The Morgan fingerprint density at radius 1 is 1.00 bits per heavy atom. The number of nitrogens with one attached hydrogen (secondary N) is 3. The van der Waals surface area contributed by atoms with Gasteiger partial charge in [0.25, 0.3) is 10.0 Å². The van der Waals surface area contributed by atoms with E-state index in [1.807, 2.05) is 0 Å². The van der Waals surface area contributed by atoms with Crippen LogP contribution < -0.4 is 15.4 Å². The van der Waals surface area contributed by atoms with Crippen LogP contribution in [-0.2, 0) is 10.0 Å². The second-order valence-corrected chi connectivity index (χ2v) is 9.19. The molecule has 0 spiro atoms. The third kappa shape index (κ3) is 5.42. The largest absolute Gasteiger partial charge is 0.359 e. The zero-order chi connectivity index (χ0) is 20.1. The zero-order valence-electron chi connectivity index (χ0n) is 15.6. The van der Waals surface area contributed by atoms with Crippen LogP contribution in [0.3, 0.4) is 0 Å². The van der Waals surface area contributed by atoms with Crippen molar-refractivity contribution in [3.8, 4) is 0 Å². The number of hydrogen-bond donors (Lipinski definition) is 3. The van der Waals surface area contributed by atoms with Gasteiger partial charge in [-0.05, 0) is 79.5 Å². The molecule has 3 N–H and O–H groups in total. The fourth-order valence-corrected chi connectivity index (χ4v) is 4.64. The minimum absolute atomic E-state index is 0.00285. The van der Waals surface area contributed by atoms with Gasteiger partial charge in [0.2, 0.25) is 0 Å². The molecule has 1 saturated carbocycles. The SMILES string of the molecule is C[C@H]1CCCC[C@H]1NC(=S)Nc1ccc(NS(=O)(=O)c2ccc(F)cc2)cc1. The standard InChI is InChI=1S/C20H24FN3O2S2/c1-14-4-2-3-5-19(14)23-20(27)22-16-8-10-17(11-9-16)24-28(25,26)18-12-6-15(21)7-13-18/h6-14,19,24H,2-5H2,1H3,(H2,22,23,27)/t14-,19+/m0/s1. The lowest BCUT2D eigenvalue weighted by Gasteiger charge is -2.30. The van der Waals surface area contributed by atoms with Crippen LogP contribution in [0.2, 0.25) is 0 Å². The molecule has 0 bridgehead atoms. The van der Waals surface area contributed by atoms with Crippen LogP contribution in [0.25, 0.3) is 0 Å². The highest BCUT2D eigenvalue weighted by Gasteiger charge is 2.21. The lowest BCUT2D eigenvalue weighted by Crippen LogP contribution is -2.43. The Hall–Kier alpha value is -2.19. The van der Waals surface area contributed by atoms with Crippen LogP contribution in [0.15, 0.2) is 53.4 Å². The first-order valence-corrected chi connectivity index (χ1v) is 11.2. The summed E-state index contributed by atoms with van der Waals surface area (Å²) in [7, 11) is -3.77. The summed E-state index contributed by atoms with van der Waals surface area (Å²) < 4.78 is 40.2. The fraction of sp³-hybridized carbons (Fsp3) is 0.350. The molecule has 2 aromatic rings. The molecule has 0 amide bonds. The molecule has 1 fully saturated rings. The van der Waals surface area contributed by atoms with E-state index in [2.05, 4.69) is 22.3 Å². The third-order valence-corrected chi connectivity index (χ3v) is 6.56. The summed E-state index contributed by atoms with van der Waals surface area (Å²) in [5.41, 5.74) is 1.18. The average Bonchev–Trinajstić information content (AvgIpc) is 2.65. The van der Waals surface area contributed by atoms with Crippen LogP contribution in [0.4, 0.5) is 15.8 Å². The molecule has 150 valence electrons. The Morgan fingerprint density at radius 3 is 2.25 bits per heavy atom. The smallest absolute Gasteiger partial charge is 0.261 e. The van der Waals surface area contributed by atoms with Gasteiger partial charge < -0.3 is 10.6 Å². The first-order valence-electron chi connectivity index (χ1n) is 9.29. The summed E-state index contributed by atoms with van der Waals surface area (Å²) >= 11 is 5.40. The van der Waals surface area contributed by atoms with Crippen molar-refractivity contribution < 1.29 is 12.8 Å². The highest BCUT2D eigenvalue weighted by molar-refractivity contribution is 7.92. The number of halogens is 1. The van der Waals surface area contributed by atoms with E-state index < -0.39 is 15.8 Å². The molecule has 0 heterocycles. The monoisotopic (exact) mass is 421 g/mol.